The summed E-state index contributed by atoms with van der Waals surface area (Å²) in [6.07, 6.45) is 2.70. The Kier molecular flexibility index (Phi) is 9.62. The number of carbonyl (C=O) groups is 1. The largest absolute Gasteiger partial charge is 0.487 e. The topological polar surface area (TPSA) is 101 Å². The second-order valence-electron chi connectivity index (χ2n) is 9.71. The maximum absolute atomic E-state index is 13.8. The minimum Gasteiger partial charge on any atom is -0.487 e. The van der Waals surface area contributed by atoms with Gasteiger partial charge in [-0.3, -0.25) is 4.79 Å². The Morgan fingerprint density at radius 1 is 1.13 bits per heavy atom. The highest BCUT2D eigenvalue weighted by atomic mass is 35.5. The standard InChI is InChI=1S/C27H30Cl2N4O4S.ClH/c1-17-7-8-18-4-2-6-23(26(18)31-17)37-16-20-21(28)9-10-24(25(20)29)38(35,36)33-15-3-5-22(33)27(34)32-19-11-13-30-14-12-19;/h2,4,6-10,19,22,30H,3,5,11-16H2,1H3,(H,32,34);1H/t22-;/m0./s1. The van der Waals surface area contributed by atoms with Crippen LogP contribution in [-0.4, -0.2) is 55.3 Å². The third-order valence-corrected chi connectivity index (χ3v) is 9.97. The molecule has 0 radical (unpaired) electrons. The van der Waals surface area contributed by atoms with Crippen molar-refractivity contribution in [2.75, 3.05) is 19.6 Å². The second-order valence-corrected chi connectivity index (χ2v) is 12.4. The third-order valence-electron chi connectivity index (χ3n) is 7.12. The van der Waals surface area contributed by atoms with E-state index in [0.29, 0.717) is 34.7 Å². The average molecular weight is 614 g/mol. The number of nitrogens with one attached hydrogen (secondary N) is 2. The number of carbonyl (C=O) groups excluding carboxylic acids is 1. The highest BCUT2D eigenvalue weighted by molar-refractivity contribution is 7.89. The fraction of sp³-hybridized carbons (Fsp3) is 0.407. The summed E-state index contributed by atoms with van der Waals surface area (Å²) in [5.74, 6) is 0.283. The van der Waals surface area contributed by atoms with Gasteiger partial charge in [-0.1, -0.05) is 41.4 Å². The quantitative estimate of drug-likeness (QED) is 0.394. The molecule has 3 heterocycles. The van der Waals surface area contributed by atoms with Crippen molar-refractivity contribution >= 4 is 62.4 Å². The second kappa shape index (κ2) is 12.6. The monoisotopic (exact) mass is 612 g/mol. The van der Waals surface area contributed by atoms with Crippen molar-refractivity contribution in [3.63, 3.8) is 0 Å². The Labute approximate surface area is 244 Å². The van der Waals surface area contributed by atoms with E-state index in [4.69, 9.17) is 27.9 Å². The molecule has 5 rings (SSSR count). The summed E-state index contributed by atoms with van der Waals surface area (Å²) in [5.41, 5.74) is 1.90. The minimum absolute atomic E-state index is 0. The Bertz CT molecular complexity index is 1460. The number of fused-ring (bicyclic) bond motifs is 1. The minimum atomic E-state index is -4.07. The van der Waals surface area contributed by atoms with Gasteiger partial charge in [0, 0.05) is 34.3 Å². The van der Waals surface area contributed by atoms with Crippen molar-refractivity contribution < 1.29 is 17.9 Å². The predicted octanol–water partition coefficient (Wildman–Crippen LogP) is 4.87. The fourth-order valence-corrected chi connectivity index (χ4v) is 7.59. The summed E-state index contributed by atoms with van der Waals surface area (Å²) >= 11 is 13.1. The molecule has 0 saturated carbocycles. The lowest BCUT2D eigenvalue weighted by Crippen LogP contribution is -2.51. The fourth-order valence-electron chi connectivity index (χ4n) is 5.07. The molecule has 2 aromatic carbocycles. The Balaban J connectivity index is 0.00000353. The molecule has 2 fully saturated rings. The van der Waals surface area contributed by atoms with Crippen LogP contribution in [0, 0.1) is 6.92 Å². The molecule has 3 aromatic rings. The van der Waals surface area contributed by atoms with Crippen LogP contribution in [0.3, 0.4) is 0 Å². The van der Waals surface area contributed by atoms with Crippen LogP contribution in [-0.2, 0) is 21.4 Å². The SMILES string of the molecule is Cc1ccc2cccc(OCc3c(Cl)ccc(S(=O)(=O)N4CCC[C@H]4C(=O)NC4CCNCC4)c3Cl)c2n1.Cl. The van der Waals surface area contributed by atoms with Gasteiger partial charge in [0.25, 0.3) is 0 Å². The number of aromatic nitrogens is 1. The van der Waals surface area contributed by atoms with Gasteiger partial charge in [0.2, 0.25) is 15.9 Å². The Morgan fingerprint density at radius 3 is 2.67 bits per heavy atom. The summed E-state index contributed by atoms with van der Waals surface area (Å²) in [6.45, 7) is 3.76. The number of hydrogen-bond donors (Lipinski definition) is 2. The number of benzene rings is 2. The van der Waals surface area contributed by atoms with Crippen LogP contribution in [0.5, 0.6) is 5.75 Å². The van der Waals surface area contributed by atoms with Crippen molar-refractivity contribution in [3.05, 3.63) is 63.8 Å². The van der Waals surface area contributed by atoms with Crippen molar-refractivity contribution in [1.29, 1.82) is 0 Å². The zero-order valence-electron chi connectivity index (χ0n) is 21.5. The molecule has 0 unspecified atom stereocenters. The predicted molar refractivity (Wildman–Crippen MR) is 155 cm³/mol. The third kappa shape index (κ3) is 6.29. The van der Waals surface area contributed by atoms with Crippen LogP contribution < -0.4 is 15.4 Å². The van der Waals surface area contributed by atoms with Crippen LogP contribution in [0.25, 0.3) is 10.9 Å². The molecule has 2 aliphatic rings. The van der Waals surface area contributed by atoms with E-state index in [2.05, 4.69) is 15.6 Å². The number of aryl methyl sites for hydroxylation is 1. The molecule has 210 valence electrons. The van der Waals surface area contributed by atoms with Gasteiger partial charge in [-0.25, -0.2) is 13.4 Å². The highest BCUT2D eigenvalue weighted by Gasteiger charge is 2.41. The average Bonchev–Trinajstić information content (AvgIpc) is 3.40. The molecule has 1 aromatic heterocycles. The maximum Gasteiger partial charge on any atom is 0.245 e. The molecule has 2 aliphatic heterocycles. The number of halogens is 3. The molecule has 12 heteroatoms. The first-order valence-electron chi connectivity index (χ1n) is 12.7. The van der Waals surface area contributed by atoms with Gasteiger partial charge in [0.15, 0.2) is 0 Å². The summed E-state index contributed by atoms with van der Waals surface area (Å²) < 4.78 is 34.9. The molecular weight excluding hydrogens is 583 g/mol. The molecule has 1 atom stereocenters. The van der Waals surface area contributed by atoms with E-state index in [0.717, 1.165) is 37.0 Å². The Hall–Kier alpha value is -2.14. The van der Waals surface area contributed by atoms with E-state index in [-0.39, 0.29) is 47.4 Å². The van der Waals surface area contributed by atoms with E-state index in [1.165, 1.54) is 16.4 Å². The summed E-state index contributed by atoms with van der Waals surface area (Å²) in [4.78, 5) is 17.6. The van der Waals surface area contributed by atoms with Crippen molar-refractivity contribution in [3.8, 4) is 5.75 Å². The van der Waals surface area contributed by atoms with E-state index >= 15 is 0 Å². The Morgan fingerprint density at radius 2 is 1.90 bits per heavy atom. The van der Waals surface area contributed by atoms with Gasteiger partial charge in [0.1, 0.15) is 28.8 Å². The molecular formula is C27H31Cl3N4O4S. The number of para-hydroxylation sites is 1. The number of ether oxygens (including phenoxy) is 1. The first kappa shape index (κ1) is 29.8. The molecule has 2 N–H and O–H groups in total. The van der Waals surface area contributed by atoms with Gasteiger partial charge >= 0.3 is 0 Å². The van der Waals surface area contributed by atoms with Gasteiger partial charge in [-0.05, 0) is 70.0 Å². The van der Waals surface area contributed by atoms with Crippen LogP contribution in [0.4, 0.5) is 0 Å². The highest BCUT2D eigenvalue weighted by Crippen LogP contribution is 2.36. The maximum atomic E-state index is 13.8. The number of amides is 1. The number of piperidine rings is 1. The molecule has 39 heavy (non-hydrogen) atoms. The van der Waals surface area contributed by atoms with Crippen molar-refractivity contribution in [2.24, 2.45) is 0 Å². The van der Waals surface area contributed by atoms with Crippen molar-refractivity contribution in [2.45, 2.75) is 56.2 Å². The van der Waals surface area contributed by atoms with E-state index < -0.39 is 16.1 Å². The van der Waals surface area contributed by atoms with E-state index in [1.54, 1.807) is 6.07 Å². The van der Waals surface area contributed by atoms with Crippen LogP contribution in [0.15, 0.2) is 47.4 Å². The molecule has 1 amide bonds. The first-order chi connectivity index (χ1) is 18.3. The van der Waals surface area contributed by atoms with E-state index in [1.807, 2.05) is 31.2 Å². The van der Waals surface area contributed by atoms with Crippen LogP contribution >= 0.6 is 35.6 Å². The van der Waals surface area contributed by atoms with Gasteiger partial charge in [0.05, 0.1) is 5.02 Å². The normalized spacial score (nSPS) is 18.6. The number of pyridine rings is 1. The lowest BCUT2D eigenvalue weighted by atomic mass is 10.1. The van der Waals surface area contributed by atoms with Gasteiger partial charge in [-0.15, -0.1) is 12.4 Å². The van der Waals surface area contributed by atoms with Crippen LogP contribution in [0.2, 0.25) is 10.0 Å². The molecule has 0 aliphatic carbocycles. The zero-order valence-corrected chi connectivity index (χ0v) is 24.6. The lowest BCUT2D eigenvalue weighted by molar-refractivity contribution is -0.125. The van der Waals surface area contributed by atoms with Gasteiger partial charge < -0.3 is 15.4 Å². The molecule has 8 nitrogen and oxygen atoms in total. The van der Waals surface area contributed by atoms with Crippen LogP contribution in [0.1, 0.15) is 36.9 Å². The lowest BCUT2D eigenvalue weighted by Gasteiger charge is -2.28. The molecule has 0 bridgehead atoms. The summed E-state index contributed by atoms with van der Waals surface area (Å²) in [5, 5.41) is 7.51. The number of sulfonamides is 1. The molecule has 0 spiro atoms. The smallest absolute Gasteiger partial charge is 0.245 e. The van der Waals surface area contributed by atoms with Crippen molar-refractivity contribution in [1.82, 2.24) is 19.9 Å². The number of rotatable bonds is 7. The molecule has 2 saturated heterocycles. The summed E-state index contributed by atoms with van der Waals surface area (Å²) in [6, 6.07) is 11.7. The summed E-state index contributed by atoms with van der Waals surface area (Å²) in [7, 11) is -4.07. The number of nitrogens with zero attached hydrogens (tertiary/aromatic N) is 2. The van der Waals surface area contributed by atoms with Gasteiger partial charge in [-0.2, -0.15) is 4.31 Å². The zero-order chi connectivity index (χ0) is 26.9. The van der Waals surface area contributed by atoms with E-state index in [9.17, 15) is 13.2 Å². The number of hydrogen-bond acceptors (Lipinski definition) is 6. The first-order valence-corrected chi connectivity index (χ1v) is 14.9.